The summed E-state index contributed by atoms with van der Waals surface area (Å²) in [5, 5.41) is 17.1. The third-order valence-electron chi connectivity index (χ3n) is 4.40. The van der Waals surface area contributed by atoms with Gasteiger partial charge in [-0.3, -0.25) is 14.9 Å². The summed E-state index contributed by atoms with van der Waals surface area (Å²) in [6.45, 7) is -0.279. The van der Waals surface area contributed by atoms with Crippen LogP contribution in [-0.2, 0) is 14.6 Å². The zero-order valence-corrected chi connectivity index (χ0v) is 18.3. The Balaban J connectivity index is 1.85. The van der Waals surface area contributed by atoms with E-state index in [2.05, 4.69) is 10.6 Å². The third kappa shape index (κ3) is 4.98. The predicted octanol–water partition coefficient (Wildman–Crippen LogP) is 4.14. The number of hydrogen-bond acceptors (Lipinski definition) is 7. The van der Waals surface area contributed by atoms with E-state index in [4.69, 9.17) is 16.3 Å². The van der Waals surface area contributed by atoms with Gasteiger partial charge in [0.25, 0.3) is 5.69 Å². The number of halogens is 1. The number of nitro groups is 1. The summed E-state index contributed by atoms with van der Waals surface area (Å²) in [5.74, 6) is -0.0782. The molecule has 166 valence electrons. The molecule has 0 aromatic heterocycles. The van der Waals surface area contributed by atoms with E-state index in [0.717, 1.165) is 6.07 Å². The molecule has 3 aromatic rings. The summed E-state index contributed by atoms with van der Waals surface area (Å²) in [7, 11) is -2.80. The van der Waals surface area contributed by atoms with Crippen molar-refractivity contribution in [1.82, 2.24) is 0 Å². The van der Waals surface area contributed by atoms with E-state index in [1.54, 1.807) is 18.2 Å². The molecule has 3 rings (SSSR count). The molecular formula is C21H18ClN3O6S. The van der Waals surface area contributed by atoms with Crippen molar-refractivity contribution in [2.45, 2.75) is 9.79 Å². The average Bonchev–Trinajstić information content (AvgIpc) is 2.78. The van der Waals surface area contributed by atoms with Crippen LogP contribution in [0, 0.1) is 10.1 Å². The fourth-order valence-corrected chi connectivity index (χ4v) is 4.72. The zero-order chi connectivity index (χ0) is 23.3. The molecule has 2 N–H and O–H groups in total. The Labute approximate surface area is 189 Å². The van der Waals surface area contributed by atoms with Crippen LogP contribution in [0.15, 0.2) is 76.5 Å². The first kappa shape index (κ1) is 23.0. The van der Waals surface area contributed by atoms with Crippen molar-refractivity contribution in [3.63, 3.8) is 0 Å². The number of anilines is 2. The molecular weight excluding hydrogens is 458 g/mol. The molecule has 11 heteroatoms. The SMILES string of the molecule is COc1ccc(Cl)cc1NC(=O)CNc1ccccc1S(=O)(=O)c1ccccc1[N+](=O)[O-]. The van der Waals surface area contributed by atoms with Gasteiger partial charge in [-0.05, 0) is 36.4 Å². The van der Waals surface area contributed by atoms with Gasteiger partial charge in [-0.2, -0.15) is 0 Å². The molecule has 9 nitrogen and oxygen atoms in total. The molecule has 0 bridgehead atoms. The molecule has 0 unspecified atom stereocenters. The van der Waals surface area contributed by atoms with Crippen molar-refractivity contribution < 1.29 is 22.9 Å². The maximum absolute atomic E-state index is 13.2. The van der Waals surface area contributed by atoms with Crippen LogP contribution in [0.5, 0.6) is 5.75 Å². The van der Waals surface area contributed by atoms with Gasteiger partial charge in [-0.1, -0.05) is 35.9 Å². The number of carbonyl (C=O) groups is 1. The monoisotopic (exact) mass is 475 g/mol. The van der Waals surface area contributed by atoms with Crippen LogP contribution in [-0.4, -0.2) is 32.9 Å². The number of ether oxygens (including phenoxy) is 1. The molecule has 0 atom stereocenters. The van der Waals surface area contributed by atoms with Gasteiger partial charge < -0.3 is 15.4 Å². The third-order valence-corrected chi connectivity index (χ3v) is 6.50. The van der Waals surface area contributed by atoms with E-state index in [1.807, 2.05) is 0 Å². The van der Waals surface area contributed by atoms with Gasteiger partial charge in [-0.25, -0.2) is 8.42 Å². The lowest BCUT2D eigenvalue weighted by molar-refractivity contribution is -0.387. The molecule has 0 radical (unpaired) electrons. The zero-order valence-electron chi connectivity index (χ0n) is 16.7. The van der Waals surface area contributed by atoms with Crippen LogP contribution < -0.4 is 15.4 Å². The van der Waals surface area contributed by atoms with E-state index in [0.29, 0.717) is 16.5 Å². The molecule has 1 amide bonds. The number of amides is 1. The van der Waals surface area contributed by atoms with Gasteiger partial charge in [0.05, 0.1) is 34.8 Å². The van der Waals surface area contributed by atoms with E-state index >= 15 is 0 Å². The highest BCUT2D eigenvalue weighted by Gasteiger charge is 2.29. The average molecular weight is 476 g/mol. The number of sulfone groups is 1. The van der Waals surface area contributed by atoms with Gasteiger partial charge >= 0.3 is 0 Å². The Bertz CT molecular complexity index is 1280. The van der Waals surface area contributed by atoms with Crippen LogP contribution >= 0.6 is 11.6 Å². The first-order valence-corrected chi connectivity index (χ1v) is 11.0. The van der Waals surface area contributed by atoms with Crippen molar-refractivity contribution in [3.8, 4) is 5.75 Å². The second-order valence-corrected chi connectivity index (χ2v) is 8.79. The van der Waals surface area contributed by atoms with E-state index in [-0.39, 0.29) is 17.1 Å². The Morgan fingerprint density at radius 3 is 2.38 bits per heavy atom. The number of hydrogen-bond donors (Lipinski definition) is 2. The van der Waals surface area contributed by atoms with Crippen LogP contribution in [0.2, 0.25) is 5.02 Å². The molecule has 0 saturated carbocycles. The molecule has 0 spiro atoms. The Kier molecular flexibility index (Phi) is 6.96. The normalized spacial score (nSPS) is 10.9. The number of nitrogens with zero attached hydrogens (tertiary/aromatic N) is 1. The smallest absolute Gasteiger partial charge is 0.288 e. The van der Waals surface area contributed by atoms with E-state index in [1.165, 1.54) is 49.6 Å². The highest BCUT2D eigenvalue weighted by Crippen LogP contribution is 2.33. The molecule has 0 fully saturated rings. The molecule has 0 aliphatic rings. The first-order valence-electron chi connectivity index (χ1n) is 9.19. The number of rotatable bonds is 8. The number of benzene rings is 3. The van der Waals surface area contributed by atoms with E-state index in [9.17, 15) is 23.3 Å². The predicted molar refractivity (Wildman–Crippen MR) is 120 cm³/mol. The van der Waals surface area contributed by atoms with Gasteiger partial charge in [0.1, 0.15) is 10.6 Å². The van der Waals surface area contributed by atoms with Gasteiger partial charge in [0, 0.05) is 11.1 Å². The lowest BCUT2D eigenvalue weighted by Gasteiger charge is -2.14. The Hall–Kier alpha value is -3.63. The second kappa shape index (κ2) is 9.67. The largest absolute Gasteiger partial charge is 0.495 e. The quantitative estimate of drug-likeness (QED) is 0.370. The van der Waals surface area contributed by atoms with Crippen LogP contribution in [0.1, 0.15) is 0 Å². The fraction of sp³-hybridized carbons (Fsp3) is 0.0952. The second-order valence-electron chi connectivity index (χ2n) is 6.47. The van der Waals surface area contributed by atoms with Gasteiger partial charge in [0.2, 0.25) is 15.7 Å². The van der Waals surface area contributed by atoms with Crippen LogP contribution in [0.4, 0.5) is 17.1 Å². The summed E-state index contributed by atoms with van der Waals surface area (Å²) < 4.78 is 31.5. The highest BCUT2D eigenvalue weighted by atomic mass is 35.5. The van der Waals surface area contributed by atoms with Crippen molar-refractivity contribution in [2.75, 3.05) is 24.3 Å². The van der Waals surface area contributed by atoms with E-state index < -0.39 is 31.3 Å². The molecule has 32 heavy (non-hydrogen) atoms. The Morgan fingerprint density at radius 2 is 1.69 bits per heavy atom. The van der Waals surface area contributed by atoms with Crippen molar-refractivity contribution >= 4 is 44.4 Å². The minimum Gasteiger partial charge on any atom is -0.495 e. The summed E-state index contributed by atoms with van der Waals surface area (Å²) in [5.41, 5.74) is -0.0559. The number of methoxy groups -OCH3 is 1. The lowest BCUT2D eigenvalue weighted by Crippen LogP contribution is -2.23. The lowest BCUT2D eigenvalue weighted by atomic mass is 10.3. The molecule has 0 saturated heterocycles. The van der Waals surface area contributed by atoms with Gasteiger partial charge in [-0.15, -0.1) is 0 Å². The molecule has 0 aliphatic heterocycles. The maximum Gasteiger partial charge on any atom is 0.288 e. The topological polar surface area (TPSA) is 128 Å². The van der Waals surface area contributed by atoms with Crippen molar-refractivity contribution in [2.24, 2.45) is 0 Å². The number of para-hydroxylation sites is 2. The van der Waals surface area contributed by atoms with Crippen molar-refractivity contribution in [3.05, 3.63) is 81.9 Å². The van der Waals surface area contributed by atoms with Crippen molar-refractivity contribution in [1.29, 1.82) is 0 Å². The summed E-state index contributed by atoms with van der Waals surface area (Å²) in [4.78, 5) is 22.3. The summed E-state index contributed by atoms with van der Waals surface area (Å²) >= 11 is 5.96. The summed E-state index contributed by atoms with van der Waals surface area (Å²) in [6.07, 6.45) is 0. The summed E-state index contributed by atoms with van der Waals surface area (Å²) in [6, 6.07) is 15.7. The number of nitro benzene ring substituents is 1. The first-order chi connectivity index (χ1) is 15.2. The molecule has 0 heterocycles. The minimum absolute atomic E-state index is 0.124. The van der Waals surface area contributed by atoms with Crippen LogP contribution in [0.3, 0.4) is 0 Å². The molecule has 3 aromatic carbocycles. The van der Waals surface area contributed by atoms with Crippen LogP contribution in [0.25, 0.3) is 0 Å². The standard InChI is InChI=1S/C21H18ClN3O6S/c1-31-18-11-10-14(22)12-16(18)24-21(26)13-23-15-6-2-4-8-19(15)32(29,30)20-9-5-3-7-17(20)25(27)28/h2-12,23H,13H2,1H3,(H,24,26). The Morgan fingerprint density at radius 1 is 1.03 bits per heavy atom. The minimum atomic E-state index is -4.24. The fourth-order valence-electron chi connectivity index (χ4n) is 2.95. The highest BCUT2D eigenvalue weighted by molar-refractivity contribution is 7.91. The van der Waals surface area contributed by atoms with Gasteiger partial charge in [0.15, 0.2) is 0 Å². The maximum atomic E-state index is 13.2. The molecule has 0 aliphatic carbocycles. The number of carbonyl (C=O) groups excluding carboxylic acids is 1. The number of nitrogens with one attached hydrogen (secondary N) is 2.